The fourth-order valence-corrected chi connectivity index (χ4v) is 0.403. The molecule has 0 N–H and O–H groups in total. The Morgan fingerprint density at radius 2 is 1.89 bits per heavy atom. The Morgan fingerprint density at radius 3 is 2.33 bits per heavy atom. The molecule has 0 aliphatic carbocycles. The standard InChI is InChI=1S/C8H11F/c1-3-5-7-8(9)6-4-2/h3-7H,1-2H3/b5-3-,6-4-,8-7+. The maximum absolute atomic E-state index is 12.3. The van der Waals surface area contributed by atoms with E-state index >= 15 is 0 Å². The van der Waals surface area contributed by atoms with Gasteiger partial charge < -0.3 is 0 Å². The van der Waals surface area contributed by atoms with Gasteiger partial charge in [0.25, 0.3) is 0 Å². The van der Waals surface area contributed by atoms with Crippen LogP contribution in [0.2, 0.25) is 0 Å². The zero-order chi connectivity index (χ0) is 7.11. The van der Waals surface area contributed by atoms with Crippen LogP contribution in [0.4, 0.5) is 4.39 Å². The summed E-state index contributed by atoms with van der Waals surface area (Å²) in [7, 11) is 0. The Bertz CT molecular complexity index is 141. The summed E-state index contributed by atoms with van der Waals surface area (Å²) >= 11 is 0. The maximum Gasteiger partial charge on any atom is 0.122 e. The molecule has 0 bridgehead atoms. The van der Waals surface area contributed by atoms with E-state index in [9.17, 15) is 4.39 Å². The van der Waals surface area contributed by atoms with Crippen molar-refractivity contribution >= 4 is 0 Å². The summed E-state index contributed by atoms with van der Waals surface area (Å²) in [4.78, 5) is 0. The van der Waals surface area contributed by atoms with Gasteiger partial charge in [-0.3, -0.25) is 0 Å². The minimum absolute atomic E-state index is 0.212. The van der Waals surface area contributed by atoms with Crippen molar-refractivity contribution < 1.29 is 4.39 Å². The first kappa shape index (κ1) is 8.15. The topological polar surface area (TPSA) is 0 Å². The van der Waals surface area contributed by atoms with Crippen molar-refractivity contribution in [2.75, 3.05) is 0 Å². The van der Waals surface area contributed by atoms with E-state index in [0.717, 1.165) is 0 Å². The van der Waals surface area contributed by atoms with Gasteiger partial charge in [0.2, 0.25) is 0 Å². The summed E-state index contributed by atoms with van der Waals surface area (Å²) in [5.41, 5.74) is 0. The Morgan fingerprint density at radius 1 is 1.22 bits per heavy atom. The lowest BCUT2D eigenvalue weighted by Crippen LogP contribution is -1.60. The summed E-state index contributed by atoms with van der Waals surface area (Å²) < 4.78 is 12.3. The molecule has 50 valence electrons. The first-order valence-corrected chi connectivity index (χ1v) is 2.92. The van der Waals surface area contributed by atoms with Crippen molar-refractivity contribution in [2.24, 2.45) is 0 Å². The minimum Gasteiger partial charge on any atom is -0.207 e. The molecule has 0 aliphatic rings. The molecule has 0 saturated heterocycles. The largest absolute Gasteiger partial charge is 0.207 e. The smallest absolute Gasteiger partial charge is 0.122 e. The monoisotopic (exact) mass is 126 g/mol. The molecular weight excluding hydrogens is 115 g/mol. The number of rotatable bonds is 2. The molecule has 0 heterocycles. The van der Waals surface area contributed by atoms with Gasteiger partial charge in [0.05, 0.1) is 0 Å². The highest BCUT2D eigenvalue weighted by molar-refractivity contribution is 5.16. The second kappa shape index (κ2) is 5.29. The van der Waals surface area contributed by atoms with Gasteiger partial charge in [0.15, 0.2) is 0 Å². The number of halogens is 1. The van der Waals surface area contributed by atoms with Crippen LogP contribution in [0.25, 0.3) is 0 Å². The molecule has 1 heteroatoms. The molecule has 0 aromatic heterocycles. The fraction of sp³-hybridized carbons (Fsp3) is 0.250. The van der Waals surface area contributed by atoms with E-state index < -0.39 is 0 Å². The lowest BCUT2D eigenvalue weighted by atomic mass is 10.4. The quantitative estimate of drug-likeness (QED) is 0.499. The Balaban J connectivity index is 3.84. The van der Waals surface area contributed by atoms with Crippen LogP contribution in [-0.2, 0) is 0 Å². The molecule has 0 aliphatic heterocycles. The molecule has 0 atom stereocenters. The predicted octanol–water partition coefficient (Wildman–Crippen LogP) is 2.99. The molecule has 0 rings (SSSR count). The van der Waals surface area contributed by atoms with Gasteiger partial charge >= 0.3 is 0 Å². The highest BCUT2D eigenvalue weighted by Crippen LogP contribution is 1.97. The zero-order valence-electron chi connectivity index (χ0n) is 5.76. The molecule has 0 nitrogen and oxygen atoms in total. The highest BCUT2D eigenvalue weighted by atomic mass is 19.1. The normalized spacial score (nSPS) is 13.9. The van der Waals surface area contributed by atoms with E-state index in [1.165, 1.54) is 12.2 Å². The first-order chi connectivity index (χ1) is 4.31. The van der Waals surface area contributed by atoms with E-state index in [4.69, 9.17) is 0 Å². The summed E-state index contributed by atoms with van der Waals surface area (Å²) in [5.74, 6) is -0.212. The summed E-state index contributed by atoms with van der Waals surface area (Å²) in [6.07, 6.45) is 7.94. The summed E-state index contributed by atoms with van der Waals surface area (Å²) in [5, 5.41) is 0. The van der Waals surface area contributed by atoms with Crippen LogP contribution in [0, 0.1) is 0 Å². The molecule has 0 saturated carbocycles. The second-order valence-corrected chi connectivity index (χ2v) is 1.58. The van der Waals surface area contributed by atoms with E-state index in [0.29, 0.717) is 0 Å². The van der Waals surface area contributed by atoms with Crippen LogP contribution in [0.5, 0.6) is 0 Å². The van der Waals surface area contributed by atoms with Crippen molar-refractivity contribution in [3.8, 4) is 0 Å². The molecule has 0 radical (unpaired) electrons. The van der Waals surface area contributed by atoms with Crippen LogP contribution >= 0.6 is 0 Å². The minimum atomic E-state index is -0.212. The molecule has 0 aromatic rings. The predicted molar refractivity (Wildman–Crippen MR) is 38.8 cm³/mol. The molecule has 0 spiro atoms. The fourth-order valence-electron chi connectivity index (χ4n) is 0.403. The maximum atomic E-state index is 12.3. The van der Waals surface area contributed by atoms with Crippen LogP contribution < -0.4 is 0 Å². The summed E-state index contributed by atoms with van der Waals surface area (Å²) in [6.45, 7) is 3.63. The number of hydrogen-bond acceptors (Lipinski definition) is 0. The molecule has 9 heavy (non-hydrogen) atoms. The van der Waals surface area contributed by atoms with E-state index in [2.05, 4.69) is 0 Å². The number of hydrogen-bond donors (Lipinski definition) is 0. The van der Waals surface area contributed by atoms with Crippen molar-refractivity contribution in [1.29, 1.82) is 0 Å². The lowest BCUT2D eigenvalue weighted by Gasteiger charge is -1.78. The van der Waals surface area contributed by atoms with Crippen molar-refractivity contribution in [3.05, 3.63) is 36.2 Å². The van der Waals surface area contributed by atoms with Crippen LogP contribution in [-0.4, -0.2) is 0 Å². The Hall–Kier alpha value is -0.850. The molecular formula is C8H11F. The van der Waals surface area contributed by atoms with Crippen LogP contribution in [0.15, 0.2) is 36.2 Å². The van der Waals surface area contributed by atoms with E-state index in [1.807, 2.05) is 6.92 Å². The number of allylic oxidation sites excluding steroid dienone is 6. The lowest BCUT2D eigenvalue weighted by molar-refractivity contribution is 0.667. The Labute approximate surface area is 55.4 Å². The third-order valence-electron chi connectivity index (χ3n) is 0.774. The highest BCUT2D eigenvalue weighted by Gasteiger charge is 1.78. The average molecular weight is 126 g/mol. The van der Waals surface area contributed by atoms with Gasteiger partial charge in [0.1, 0.15) is 5.83 Å². The third kappa shape index (κ3) is 5.01. The van der Waals surface area contributed by atoms with E-state index in [-0.39, 0.29) is 5.83 Å². The van der Waals surface area contributed by atoms with Gasteiger partial charge in [-0.2, -0.15) is 0 Å². The van der Waals surface area contributed by atoms with Gasteiger partial charge in [-0.15, -0.1) is 0 Å². The van der Waals surface area contributed by atoms with Crippen LogP contribution in [0.1, 0.15) is 13.8 Å². The third-order valence-corrected chi connectivity index (χ3v) is 0.774. The van der Waals surface area contributed by atoms with Gasteiger partial charge in [-0.05, 0) is 26.0 Å². The average Bonchev–Trinajstić information content (AvgIpc) is 1.85. The van der Waals surface area contributed by atoms with Crippen molar-refractivity contribution in [3.63, 3.8) is 0 Å². The van der Waals surface area contributed by atoms with Gasteiger partial charge in [0, 0.05) is 0 Å². The zero-order valence-corrected chi connectivity index (χ0v) is 5.76. The SMILES string of the molecule is C\C=C/C=C(F)\C=C/C. The molecule has 0 fully saturated rings. The molecule has 0 aromatic carbocycles. The second-order valence-electron chi connectivity index (χ2n) is 1.58. The van der Waals surface area contributed by atoms with Crippen LogP contribution in [0.3, 0.4) is 0 Å². The molecule has 0 amide bonds. The van der Waals surface area contributed by atoms with Gasteiger partial charge in [-0.25, -0.2) is 4.39 Å². The van der Waals surface area contributed by atoms with E-state index in [1.54, 1.807) is 25.2 Å². The van der Waals surface area contributed by atoms with Crippen molar-refractivity contribution in [2.45, 2.75) is 13.8 Å². The molecule has 0 unspecified atom stereocenters. The Kier molecular flexibility index (Phi) is 4.79. The van der Waals surface area contributed by atoms with Crippen molar-refractivity contribution in [1.82, 2.24) is 0 Å². The summed E-state index contributed by atoms with van der Waals surface area (Å²) in [6, 6.07) is 0. The van der Waals surface area contributed by atoms with Gasteiger partial charge in [-0.1, -0.05) is 18.2 Å². The first-order valence-electron chi connectivity index (χ1n) is 2.92.